The van der Waals surface area contributed by atoms with Crippen LogP contribution in [0.5, 0.6) is 0 Å². The molecule has 0 atom stereocenters. The zero-order chi connectivity index (χ0) is 14.8. The van der Waals surface area contributed by atoms with E-state index in [1.807, 2.05) is 0 Å². The van der Waals surface area contributed by atoms with Gasteiger partial charge in [0.1, 0.15) is 17.0 Å². The lowest BCUT2D eigenvalue weighted by Crippen LogP contribution is -2.30. The average molecular weight is 286 g/mol. The molecule has 0 saturated carbocycles. The van der Waals surface area contributed by atoms with Gasteiger partial charge in [-0.3, -0.25) is 9.59 Å². The monoisotopic (exact) mass is 286 g/mol. The van der Waals surface area contributed by atoms with Gasteiger partial charge >= 0.3 is 6.18 Å². The van der Waals surface area contributed by atoms with Gasteiger partial charge in [-0.25, -0.2) is 0 Å². The molecule has 0 saturated heterocycles. The lowest BCUT2D eigenvalue weighted by Gasteiger charge is -2.07. The van der Waals surface area contributed by atoms with Gasteiger partial charge in [0.15, 0.2) is 0 Å². The summed E-state index contributed by atoms with van der Waals surface area (Å²) in [6, 6.07) is 4.70. The normalized spacial score (nSPS) is 11.3. The summed E-state index contributed by atoms with van der Waals surface area (Å²) < 4.78 is 42.0. The van der Waals surface area contributed by atoms with Crippen molar-refractivity contribution in [2.75, 3.05) is 0 Å². The molecule has 0 aromatic carbocycles. The van der Waals surface area contributed by atoms with Gasteiger partial charge in [-0.15, -0.1) is 0 Å². The molecular formula is C12H9F3N2O3. The third-order valence-electron chi connectivity index (χ3n) is 2.46. The van der Waals surface area contributed by atoms with Crippen molar-refractivity contribution in [3.8, 4) is 0 Å². The summed E-state index contributed by atoms with van der Waals surface area (Å²) >= 11 is 0. The van der Waals surface area contributed by atoms with E-state index in [4.69, 9.17) is 4.42 Å². The van der Waals surface area contributed by atoms with E-state index in [2.05, 4.69) is 5.32 Å². The number of amides is 1. The van der Waals surface area contributed by atoms with E-state index >= 15 is 0 Å². The molecule has 106 valence electrons. The minimum Gasteiger partial charge on any atom is -0.467 e. The summed E-state index contributed by atoms with van der Waals surface area (Å²) in [6.45, 7) is 0.0340. The van der Waals surface area contributed by atoms with Crippen LogP contribution in [0.25, 0.3) is 0 Å². The Morgan fingerprint density at radius 1 is 1.30 bits per heavy atom. The number of hydrogen-bond acceptors (Lipinski definition) is 3. The number of halogens is 3. The molecule has 0 aliphatic rings. The van der Waals surface area contributed by atoms with Crippen LogP contribution in [0.4, 0.5) is 13.2 Å². The maximum Gasteiger partial charge on any atom is 0.431 e. The molecular weight excluding hydrogens is 277 g/mol. The second kappa shape index (κ2) is 5.24. The average Bonchev–Trinajstić information content (AvgIpc) is 2.87. The maximum atomic E-state index is 12.4. The van der Waals surface area contributed by atoms with E-state index in [-0.39, 0.29) is 6.54 Å². The molecule has 0 aliphatic carbocycles. The van der Waals surface area contributed by atoms with Crippen molar-refractivity contribution in [3.05, 3.63) is 57.9 Å². The lowest BCUT2D eigenvalue weighted by molar-refractivity contribution is -0.141. The van der Waals surface area contributed by atoms with Crippen LogP contribution in [0.2, 0.25) is 0 Å². The van der Waals surface area contributed by atoms with Crippen LogP contribution in [-0.4, -0.2) is 10.9 Å². The number of aromatic nitrogens is 1. The second-order valence-corrected chi connectivity index (χ2v) is 3.87. The summed E-state index contributed by atoms with van der Waals surface area (Å²) in [4.78, 5) is 24.7. The predicted octanol–water partition coefficient (Wildman–Crippen LogP) is 1.92. The minimum atomic E-state index is -4.66. The number of alkyl halides is 3. The van der Waals surface area contributed by atoms with Crippen LogP contribution in [0.3, 0.4) is 0 Å². The van der Waals surface area contributed by atoms with Crippen LogP contribution in [0, 0.1) is 0 Å². The van der Waals surface area contributed by atoms with Crippen molar-refractivity contribution in [2.24, 2.45) is 0 Å². The Balaban J connectivity index is 2.13. The van der Waals surface area contributed by atoms with Gasteiger partial charge in [0.05, 0.1) is 12.8 Å². The van der Waals surface area contributed by atoms with Gasteiger partial charge < -0.3 is 14.7 Å². The summed E-state index contributed by atoms with van der Waals surface area (Å²) in [6.07, 6.45) is -3.26. The molecule has 5 nitrogen and oxygen atoms in total. The van der Waals surface area contributed by atoms with Crippen LogP contribution >= 0.6 is 0 Å². The molecule has 2 rings (SSSR count). The topological polar surface area (TPSA) is 75.1 Å². The van der Waals surface area contributed by atoms with Crippen molar-refractivity contribution >= 4 is 5.91 Å². The van der Waals surface area contributed by atoms with Gasteiger partial charge in [-0.05, 0) is 24.3 Å². The van der Waals surface area contributed by atoms with Gasteiger partial charge in [0.25, 0.3) is 11.5 Å². The molecule has 0 fully saturated rings. The molecule has 2 aromatic heterocycles. The Kier molecular flexibility index (Phi) is 3.64. The van der Waals surface area contributed by atoms with Gasteiger partial charge in [-0.2, -0.15) is 13.2 Å². The van der Waals surface area contributed by atoms with E-state index in [0.29, 0.717) is 11.8 Å². The van der Waals surface area contributed by atoms with Gasteiger partial charge in [0.2, 0.25) is 0 Å². The first-order chi connectivity index (χ1) is 9.38. The van der Waals surface area contributed by atoms with Gasteiger partial charge in [0, 0.05) is 0 Å². The van der Waals surface area contributed by atoms with Crippen molar-refractivity contribution in [3.63, 3.8) is 0 Å². The largest absolute Gasteiger partial charge is 0.467 e. The number of carbonyl (C=O) groups is 1. The standard InChI is InChI=1S/C12H9F3N2O3/c13-12(14,15)9-4-3-8(11(19)17-9)10(18)16-6-7-2-1-5-20-7/h1-5H,6H2,(H,16,18)(H,17,19). The highest BCUT2D eigenvalue weighted by atomic mass is 19.4. The van der Waals surface area contributed by atoms with Crippen molar-refractivity contribution < 1.29 is 22.4 Å². The highest BCUT2D eigenvalue weighted by molar-refractivity contribution is 5.93. The molecule has 0 unspecified atom stereocenters. The van der Waals surface area contributed by atoms with E-state index in [1.165, 1.54) is 6.26 Å². The van der Waals surface area contributed by atoms with E-state index in [0.717, 1.165) is 6.07 Å². The Morgan fingerprint density at radius 3 is 2.60 bits per heavy atom. The Morgan fingerprint density at radius 2 is 2.05 bits per heavy atom. The van der Waals surface area contributed by atoms with Crippen LogP contribution in [0.1, 0.15) is 21.8 Å². The number of H-pyrrole nitrogens is 1. The molecule has 2 aromatic rings. The number of carbonyl (C=O) groups excluding carboxylic acids is 1. The Labute approximate surface area is 110 Å². The molecule has 0 spiro atoms. The van der Waals surface area contributed by atoms with E-state index in [9.17, 15) is 22.8 Å². The molecule has 2 N–H and O–H groups in total. The Hall–Kier alpha value is -2.51. The molecule has 0 bridgehead atoms. The first-order valence-corrected chi connectivity index (χ1v) is 5.49. The second-order valence-electron chi connectivity index (χ2n) is 3.87. The number of pyridine rings is 1. The van der Waals surface area contributed by atoms with E-state index < -0.39 is 28.9 Å². The fourth-order valence-electron chi connectivity index (χ4n) is 1.49. The molecule has 8 heteroatoms. The quantitative estimate of drug-likeness (QED) is 0.905. The number of hydrogen-bond donors (Lipinski definition) is 2. The maximum absolute atomic E-state index is 12.4. The van der Waals surface area contributed by atoms with Crippen LogP contribution < -0.4 is 10.9 Å². The fourth-order valence-corrected chi connectivity index (χ4v) is 1.49. The van der Waals surface area contributed by atoms with Crippen molar-refractivity contribution in [1.82, 2.24) is 10.3 Å². The molecule has 1 amide bonds. The zero-order valence-corrected chi connectivity index (χ0v) is 9.95. The number of furan rings is 1. The van der Waals surface area contributed by atoms with Crippen LogP contribution in [0.15, 0.2) is 39.7 Å². The van der Waals surface area contributed by atoms with Crippen LogP contribution in [-0.2, 0) is 12.7 Å². The SMILES string of the molecule is O=C(NCc1ccco1)c1ccc(C(F)(F)F)[nH]c1=O. The first-order valence-electron chi connectivity index (χ1n) is 5.49. The third kappa shape index (κ3) is 3.08. The Bertz CT molecular complexity index is 659. The zero-order valence-electron chi connectivity index (χ0n) is 9.95. The molecule has 20 heavy (non-hydrogen) atoms. The summed E-state index contributed by atoms with van der Waals surface area (Å²) in [5.41, 5.74) is -2.70. The summed E-state index contributed by atoms with van der Waals surface area (Å²) in [5.74, 6) is -0.321. The highest BCUT2D eigenvalue weighted by Gasteiger charge is 2.32. The number of rotatable bonds is 3. The van der Waals surface area contributed by atoms with Crippen molar-refractivity contribution in [2.45, 2.75) is 12.7 Å². The number of aromatic amines is 1. The smallest absolute Gasteiger partial charge is 0.431 e. The molecule has 0 radical (unpaired) electrons. The van der Waals surface area contributed by atoms with E-state index in [1.54, 1.807) is 17.1 Å². The van der Waals surface area contributed by atoms with Gasteiger partial charge in [-0.1, -0.05) is 0 Å². The number of nitrogens with one attached hydrogen (secondary N) is 2. The third-order valence-corrected chi connectivity index (χ3v) is 2.46. The molecule has 2 heterocycles. The highest BCUT2D eigenvalue weighted by Crippen LogP contribution is 2.26. The fraction of sp³-hybridized carbons (Fsp3) is 0.167. The lowest BCUT2D eigenvalue weighted by atomic mass is 10.2. The minimum absolute atomic E-state index is 0.0340. The van der Waals surface area contributed by atoms with Crippen molar-refractivity contribution in [1.29, 1.82) is 0 Å². The predicted molar refractivity (Wildman–Crippen MR) is 61.9 cm³/mol. The first kappa shape index (κ1) is 13.9. The summed E-state index contributed by atoms with van der Waals surface area (Å²) in [7, 11) is 0. The molecule has 0 aliphatic heterocycles. The summed E-state index contributed by atoms with van der Waals surface area (Å²) in [5, 5.41) is 2.37.